The molecular weight excluding hydrogens is 408 g/mol. The van der Waals surface area contributed by atoms with Crippen LogP contribution in [0.1, 0.15) is 30.1 Å². The number of rotatable bonds is 7. The topological polar surface area (TPSA) is 50.8 Å². The number of morpholine rings is 1. The maximum absolute atomic E-state index is 12.5. The lowest BCUT2D eigenvalue weighted by Gasteiger charge is -2.29. The second-order valence-electron chi connectivity index (χ2n) is 6.45. The van der Waals surface area contributed by atoms with E-state index in [0.717, 1.165) is 60.7 Å². The lowest BCUT2D eigenvalue weighted by atomic mass is 10.2. The van der Waals surface area contributed by atoms with Gasteiger partial charge in [-0.25, -0.2) is 0 Å². The summed E-state index contributed by atoms with van der Waals surface area (Å²) in [5, 5.41) is 2.95. The summed E-state index contributed by atoms with van der Waals surface area (Å²) in [6.07, 6.45) is 2.12. The Morgan fingerprint density at radius 3 is 2.59 bits per heavy atom. The smallest absolute Gasteiger partial charge is 0.255 e. The van der Waals surface area contributed by atoms with Crippen molar-refractivity contribution in [2.24, 2.45) is 0 Å². The van der Waals surface area contributed by atoms with Gasteiger partial charge in [0.05, 0.1) is 25.5 Å². The van der Waals surface area contributed by atoms with Crippen molar-refractivity contribution >= 4 is 33.2 Å². The Kier molecular flexibility index (Phi) is 7.12. The van der Waals surface area contributed by atoms with Gasteiger partial charge in [-0.15, -0.1) is 0 Å². The van der Waals surface area contributed by atoms with Crippen molar-refractivity contribution in [3.05, 3.63) is 52.5 Å². The predicted molar refractivity (Wildman–Crippen MR) is 112 cm³/mol. The molecule has 0 bridgehead atoms. The number of carbonyl (C=O) groups is 1. The van der Waals surface area contributed by atoms with Crippen molar-refractivity contribution in [2.75, 3.05) is 43.1 Å². The Hall–Kier alpha value is -2.05. The van der Waals surface area contributed by atoms with Gasteiger partial charge in [-0.1, -0.05) is 13.3 Å². The molecule has 1 fully saturated rings. The van der Waals surface area contributed by atoms with E-state index < -0.39 is 0 Å². The van der Waals surface area contributed by atoms with E-state index in [4.69, 9.17) is 9.47 Å². The van der Waals surface area contributed by atoms with E-state index in [1.54, 1.807) is 12.1 Å². The molecule has 0 atom stereocenters. The molecule has 27 heavy (non-hydrogen) atoms. The van der Waals surface area contributed by atoms with Crippen LogP contribution in [-0.2, 0) is 4.74 Å². The maximum atomic E-state index is 12.5. The van der Waals surface area contributed by atoms with Gasteiger partial charge < -0.3 is 19.7 Å². The summed E-state index contributed by atoms with van der Waals surface area (Å²) in [4.78, 5) is 14.8. The van der Waals surface area contributed by atoms with E-state index in [9.17, 15) is 4.79 Å². The summed E-state index contributed by atoms with van der Waals surface area (Å²) in [6, 6.07) is 13.1. The van der Waals surface area contributed by atoms with E-state index in [0.29, 0.717) is 12.2 Å². The van der Waals surface area contributed by atoms with Gasteiger partial charge >= 0.3 is 0 Å². The summed E-state index contributed by atoms with van der Waals surface area (Å²) in [7, 11) is 0. The van der Waals surface area contributed by atoms with Crippen LogP contribution in [0.5, 0.6) is 5.75 Å². The molecule has 0 saturated carbocycles. The highest BCUT2D eigenvalue weighted by molar-refractivity contribution is 9.10. The van der Waals surface area contributed by atoms with Crippen molar-refractivity contribution < 1.29 is 14.3 Å². The van der Waals surface area contributed by atoms with Gasteiger partial charge in [0.2, 0.25) is 0 Å². The molecule has 3 rings (SSSR count). The third-order valence-corrected chi connectivity index (χ3v) is 5.08. The minimum absolute atomic E-state index is 0.138. The van der Waals surface area contributed by atoms with Crippen LogP contribution in [0.25, 0.3) is 0 Å². The van der Waals surface area contributed by atoms with Crippen LogP contribution in [0.3, 0.4) is 0 Å². The molecule has 1 aliphatic heterocycles. The first-order valence-corrected chi connectivity index (χ1v) is 10.1. The van der Waals surface area contributed by atoms with Gasteiger partial charge in [-0.2, -0.15) is 0 Å². The van der Waals surface area contributed by atoms with E-state index in [1.165, 1.54) is 0 Å². The highest BCUT2D eigenvalue weighted by Crippen LogP contribution is 2.30. The van der Waals surface area contributed by atoms with E-state index >= 15 is 0 Å². The highest BCUT2D eigenvalue weighted by atomic mass is 79.9. The number of halogens is 1. The Bertz CT molecular complexity index is 759. The van der Waals surface area contributed by atoms with Gasteiger partial charge in [0, 0.05) is 28.8 Å². The van der Waals surface area contributed by atoms with Crippen LogP contribution in [0.4, 0.5) is 11.4 Å². The number of nitrogens with one attached hydrogen (secondary N) is 1. The summed E-state index contributed by atoms with van der Waals surface area (Å²) >= 11 is 3.62. The molecule has 2 aromatic carbocycles. The Labute approximate surface area is 168 Å². The maximum Gasteiger partial charge on any atom is 0.255 e. The molecule has 2 aromatic rings. The number of nitrogens with zero attached hydrogens (tertiary/aromatic N) is 1. The second kappa shape index (κ2) is 9.76. The molecule has 6 heteroatoms. The number of benzene rings is 2. The van der Waals surface area contributed by atoms with Gasteiger partial charge in [0.15, 0.2) is 0 Å². The van der Waals surface area contributed by atoms with Crippen LogP contribution in [0.15, 0.2) is 46.9 Å². The first-order chi connectivity index (χ1) is 13.2. The molecule has 0 spiro atoms. The molecular formula is C21H25BrN2O3. The number of hydrogen-bond donors (Lipinski definition) is 1. The Morgan fingerprint density at radius 2 is 1.93 bits per heavy atom. The quantitative estimate of drug-likeness (QED) is 0.643. The number of hydrogen-bond acceptors (Lipinski definition) is 4. The third-order valence-electron chi connectivity index (χ3n) is 4.44. The second-order valence-corrected chi connectivity index (χ2v) is 7.30. The lowest BCUT2D eigenvalue weighted by molar-refractivity contribution is 0.102. The average molecular weight is 433 g/mol. The predicted octanol–water partition coefficient (Wildman–Crippen LogP) is 4.72. The molecule has 1 heterocycles. The van der Waals surface area contributed by atoms with Crippen molar-refractivity contribution in [1.82, 2.24) is 0 Å². The van der Waals surface area contributed by atoms with Crippen LogP contribution in [0.2, 0.25) is 0 Å². The fourth-order valence-corrected chi connectivity index (χ4v) is 3.52. The summed E-state index contributed by atoms with van der Waals surface area (Å²) < 4.78 is 12.0. The Balaban J connectivity index is 1.61. The van der Waals surface area contributed by atoms with Crippen molar-refractivity contribution in [3.63, 3.8) is 0 Å². The number of anilines is 2. The summed E-state index contributed by atoms with van der Waals surface area (Å²) in [5.41, 5.74) is 2.48. The molecule has 0 radical (unpaired) electrons. The number of unbranched alkanes of at least 4 members (excludes halogenated alkanes) is 1. The zero-order valence-electron chi connectivity index (χ0n) is 15.5. The monoisotopic (exact) mass is 432 g/mol. The van der Waals surface area contributed by atoms with E-state index in [1.807, 2.05) is 30.3 Å². The van der Waals surface area contributed by atoms with Crippen molar-refractivity contribution in [1.29, 1.82) is 0 Å². The first kappa shape index (κ1) is 19.7. The first-order valence-electron chi connectivity index (χ1n) is 9.34. The molecule has 1 aliphatic rings. The van der Waals surface area contributed by atoms with Crippen LogP contribution in [-0.4, -0.2) is 38.8 Å². The Morgan fingerprint density at radius 1 is 1.19 bits per heavy atom. The highest BCUT2D eigenvalue weighted by Gasteiger charge is 2.15. The standard InChI is InChI=1S/C21H25BrN2O3/c1-2-3-12-27-18-7-4-16(5-8-18)21(25)23-17-6-9-20(19(22)15-17)24-10-13-26-14-11-24/h4-9,15H,2-3,10-14H2,1H3,(H,23,25). The largest absolute Gasteiger partial charge is 0.494 e. The van der Waals surface area contributed by atoms with Crippen LogP contribution < -0.4 is 15.0 Å². The van der Waals surface area contributed by atoms with Crippen molar-refractivity contribution in [2.45, 2.75) is 19.8 Å². The third kappa shape index (κ3) is 5.47. The summed E-state index contributed by atoms with van der Waals surface area (Å²) in [5.74, 6) is 0.652. The minimum Gasteiger partial charge on any atom is -0.494 e. The average Bonchev–Trinajstić information content (AvgIpc) is 2.69. The molecule has 1 saturated heterocycles. The SMILES string of the molecule is CCCCOc1ccc(C(=O)Nc2ccc(N3CCOCC3)c(Br)c2)cc1. The normalized spacial score (nSPS) is 14.1. The minimum atomic E-state index is -0.138. The zero-order chi connectivity index (χ0) is 19.1. The fourth-order valence-electron chi connectivity index (χ4n) is 2.89. The number of ether oxygens (including phenoxy) is 2. The van der Waals surface area contributed by atoms with Gasteiger partial charge in [-0.3, -0.25) is 4.79 Å². The molecule has 0 aromatic heterocycles. The lowest BCUT2D eigenvalue weighted by Crippen LogP contribution is -2.36. The molecule has 0 unspecified atom stereocenters. The number of amides is 1. The van der Waals surface area contributed by atoms with Gasteiger partial charge in [0.1, 0.15) is 5.75 Å². The molecule has 0 aliphatic carbocycles. The fraction of sp³-hybridized carbons (Fsp3) is 0.381. The van der Waals surface area contributed by atoms with Gasteiger partial charge in [0.25, 0.3) is 5.91 Å². The van der Waals surface area contributed by atoms with Gasteiger partial charge in [-0.05, 0) is 64.8 Å². The summed E-state index contributed by atoms with van der Waals surface area (Å²) in [6.45, 7) is 6.05. The molecule has 1 amide bonds. The number of carbonyl (C=O) groups excluding carboxylic acids is 1. The molecule has 1 N–H and O–H groups in total. The molecule has 5 nitrogen and oxygen atoms in total. The molecule has 144 valence electrons. The van der Waals surface area contributed by atoms with Crippen LogP contribution in [0, 0.1) is 0 Å². The zero-order valence-corrected chi connectivity index (χ0v) is 17.1. The van der Waals surface area contributed by atoms with E-state index in [-0.39, 0.29) is 5.91 Å². The van der Waals surface area contributed by atoms with Crippen LogP contribution >= 0.6 is 15.9 Å². The van der Waals surface area contributed by atoms with Crippen molar-refractivity contribution in [3.8, 4) is 5.75 Å². The van der Waals surface area contributed by atoms with E-state index in [2.05, 4.69) is 33.1 Å².